The Morgan fingerprint density at radius 2 is 1.83 bits per heavy atom. The van der Waals surface area contributed by atoms with Gasteiger partial charge in [-0.25, -0.2) is 0 Å². The minimum Gasteiger partial charge on any atom is -0.396 e. The molecule has 102 valence electrons. The Hall–Kier alpha value is -0.510. The van der Waals surface area contributed by atoms with E-state index < -0.39 is 0 Å². The molecule has 2 nitrogen and oxygen atoms in total. The van der Waals surface area contributed by atoms with Crippen LogP contribution in [-0.4, -0.2) is 22.5 Å². The van der Waals surface area contributed by atoms with Crippen LogP contribution in [0, 0.1) is 0 Å². The van der Waals surface area contributed by atoms with Crippen molar-refractivity contribution in [3.8, 4) is 0 Å². The van der Waals surface area contributed by atoms with E-state index >= 15 is 0 Å². The molecule has 0 amide bonds. The molecule has 2 N–H and O–H groups in total. The van der Waals surface area contributed by atoms with Crippen LogP contribution in [0.25, 0.3) is 0 Å². The molecule has 0 fully saturated rings. The van der Waals surface area contributed by atoms with E-state index in [9.17, 15) is 0 Å². The maximum atomic E-state index is 8.88. The minimum absolute atomic E-state index is 0.156. The van der Waals surface area contributed by atoms with Crippen molar-refractivity contribution in [2.45, 2.75) is 56.3 Å². The first-order valence-electron chi connectivity index (χ1n) is 6.52. The molecule has 0 spiro atoms. The highest BCUT2D eigenvalue weighted by atomic mass is 32.2. The number of aliphatic hydroxyl groups is 1. The Bertz CT molecular complexity index is 343. The molecule has 1 aromatic carbocycles. The van der Waals surface area contributed by atoms with Crippen LogP contribution in [0.5, 0.6) is 0 Å². The van der Waals surface area contributed by atoms with Crippen molar-refractivity contribution in [3.63, 3.8) is 0 Å². The summed E-state index contributed by atoms with van der Waals surface area (Å²) >= 11 is 1.82. The van der Waals surface area contributed by atoms with E-state index in [4.69, 9.17) is 5.11 Å². The van der Waals surface area contributed by atoms with Crippen LogP contribution >= 0.6 is 11.8 Å². The first-order valence-corrected chi connectivity index (χ1v) is 7.40. The molecule has 0 aliphatic carbocycles. The molecule has 3 heteroatoms. The summed E-state index contributed by atoms with van der Waals surface area (Å²) < 4.78 is 0. The largest absolute Gasteiger partial charge is 0.396 e. The zero-order valence-electron chi connectivity index (χ0n) is 11.9. The van der Waals surface area contributed by atoms with Crippen molar-refractivity contribution in [1.29, 1.82) is 0 Å². The Morgan fingerprint density at radius 3 is 2.33 bits per heavy atom. The fraction of sp³-hybridized carbons (Fsp3) is 0.600. The zero-order valence-corrected chi connectivity index (χ0v) is 12.7. The minimum atomic E-state index is 0.156. The molecule has 18 heavy (non-hydrogen) atoms. The number of hydrogen-bond acceptors (Lipinski definition) is 3. The van der Waals surface area contributed by atoms with E-state index in [1.165, 1.54) is 10.5 Å². The predicted molar refractivity (Wildman–Crippen MR) is 80.1 cm³/mol. The third-order valence-corrected chi connectivity index (χ3v) is 3.80. The average molecular weight is 267 g/mol. The lowest BCUT2D eigenvalue weighted by Crippen LogP contribution is -2.35. The lowest BCUT2D eigenvalue weighted by Gasteiger charge is -2.20. The van der Waals surface area contributed by atoms with E-state index in [0.29, 0.717) is 5.25 Å². The number of aliphatic hydroxyl groups excluding tert-OH is 1. The predicted octanol–water partition coefficient (Wildman–Crippen LogP) is 3.44. The van der Waals surface area contributed by atoms with Gasteiger partial charge in [0.15, 0.2) is 0 Å². The standard InChI is InChI=1S/C15H25NOS/c1-12(9-10-17)18-14-7-5-13(6-8-14)11-16-15(2,3)4/h5-8,12,16-17H,9-11H2,1-4H3. The summed E-state index contributed by atoms with van der Waals surface area (Å²) in [5, 5.41) is 12.8. The van der Waals surface area contributed by atoms with Gasteiger partial charge in [0.2, 0.25) is 0 Å². The van der Waals surface area contributed by atoms with Gasteiger partial charge in [-0.2, -0.15) is 0 Å². The molecule has 1 atom stereocenters. The Morgan fingerprint density at radius 1 is 1.22 bits per heavy atom. The molecular weight excluding hydrogens is 242 g/mol. The molecule has 0 heterocycles. The molecular formula is C15H25NOS. The van der Waals surface area contributed by atoms with Crippen LogP contribution in [0.2, 0.25) is 0 Å². The van der Waals surface area contributed by atoms with Gasteiger partial charge in [0, 0.05) is 28.8 Å². The molecule has 0 saturated heterocycles. The van der Waals surface area contributed by atoms with Gasteiger partial charge in [0.25, 0.3) is 0 Å². The molecule has 0 aromatic heterocycles. The van der Waals surface area contributed by atoms with E-state index in [1.54, 1.807) is 0 Å². The summed E-state index contributed by atoms with van der Waals surface area (Å²) in [6.07, 6.45) is 0.845. The van der Waals surface area contributed by atoms with Crippen molar-refractivity contribution >= 4 is 11.8 Å². The summed E-state index contributed by atoms with van der Waals surface area (Å²) in [5.41, 5.74) is 1.47. The summed E-state index contributed by atoms with van der Waals surface area (Å²) in [6.45, 7) is 9.84. The summed E-state index contributed by atoms with van der Waals surface area (Å²) in [6, 6.07) is 8.68. The van der Waals surface area contributed by atoms with Crippen LogP contribution in [0.15, 0.2) is 29.2 Å². The van der Waals surface area contributed by atoms with Crippen LogP contribution in [0.3, 0.4) is 0 Å². The third kappa shape index (κ3) is 6.43. The normalized spacial score (nSPS) is 13.6. The van der Waals surface area contributed by atoms with Crippen molar-refractivity contribution in [2.75, 3.05) is 6.61 Å². The highest BCUT2D eigenvalue weighted by molar-refractivity contribution is 7.99. The summed E-state index contributed by atoms with van der Waals surface area (Å²) in [7, 11) is 0. The number of rotatable bonds is 6. The van der Waals surface area contributed by atoms with Gasteiger partial charge in [-0.3, -0.25) is 0 Å². The second-order valence-electron chi connectivity index (χ2n) is 5.69. The smallest absolute Gasteiger partial charge is 0.0441 e. The number of hydrogen-bond donors (Lipinski definition) is 2. The third-order valence-electron chi connectivity index (χ3n) is 2.62. The zero-order chi connectivity index (χ0) is 13.6. The first kappa shape index (κ1) is 15.5. The quantitative estimate of drug-likeness (QED) is 0.774. The van der Waals surface area contributed by atoms with Gasteiger partial charge in [-0.1, -0.05) is 19.1 Å². The van der Waals surface area contributed by atoms with Crippen LogP contribution in [0.1, 0.15) is 39.7 Å². The molecule has 1 rings (SSSR count). The number of benzene rings is 1. The summed E-state index contributed by atoms with van der Waals surface area (Å²) in [5.74, 6) is 0. The van der Waals surface area contributed by atoms with E-state index in [0.717, 1.165) is 13.0 Å². The maximum Gasteiger partial charge on any atom is 0.0441 e. The molecule has 0 aliphatic rings. The van der Waals surface area contributed by atoms with Gasteiger partial charge in [0.05, 0.1) is 0 Å². The van der Waals surface area contributed by atoms with Gasteiger partial charge in [-0.15, -0.1) is 11.8 Å². The van der Waals surface area contributed by atoms with Crippen molar-refractivity contribution in [1.82, 2.24) is 5.32 Å². The second kappa shape index (κ2) is 7.17. The monoisotopic (exact) mass is 267 g/mol. The van der Waals surface area contributed by atoms with Crippen molar-refractivity contribution in [3.05, 3.63) is 29.8 Å². The Balaban J connectivity index is 2.47. The lowest BCUT2D eigenvalue weighted by atomic mass is 10.1. The number of nitrogens with one attached hydrogen (secondary N) is 1. The fourth-order valence-corrected chi connectivity index (χ4v) is 2.51. The first-order chi connectivity index (χ1) is 8.40. The van der Waals surface area contributed by atoms with Gasteiger partial charge in [0.1, 0.15) is 0 Å². The average Bonchev–Trinajstić information content (AvgIpc) is 2.27. The highest BCUT2D eigenvalue weighted by Crippen LogP contribution is 2.25. The lowest BCUT2D eigenvalue weighted by molar-refractivity contribution is 0.289. The molecule has 0 radical (unpaired) electrons. The molecule has 0 bridgehead atoms. The fourth-order valence-electron chi connectivity index (χ4n) is 1.53. The van der Waals surface area contributed by atoms with Gasteiger partial charge in [-0.05, 0) is 44.9 Å². The van der Waals surface area contributed by atoms with E-state index in [2.05, 4.69) is 57.3 Å². The molecule has 1 unspecified atom stereocenters. The summed E-state index contributed by atoms with van der Waals surface area (Å²) in [4.78, 5) is 1.27. The number of thioether (sulfide) groups is 1. The Kier molecular flexibility index (Phi) is 6.19. The van der Waals surface area contributed by atoms with E-state index in [1.807, 2.05) is 11.8 Å². The molecule has 0 saturated carbocycles. The van der Waals surface area contributed by atoms with E-state index in [-0.39, 0.29) is 12.1 Å². The van der Waals surface area contributed by atoms with Gasteiger partial charge < -0.3 is 10.4 Å². The molecule has 1 aromatic rings. The Labute approximate surface area is 115 Å². The van der Waals surface area contributed by atoms with Crippen LogP contribution in [0.4, 0.5) is 0 Å². The highest BCUT2D eigenvalue weighted by Gasteiger charge is 2.08. The van der Waals surface area contributed by atoms with Crippen LogP contribution in [-0.2, 0) is 6.54 Å². The maximum absolute atomic E-state index is 8.88. The SMILES string of the molecule is CC(CCO)Sc1ccc(CNC(C)(C)C)cc1. The van der Waals surface area contributed by atoms with Crippen molar-refractivity contribution < 1.29 is 5.11 Å². The van der Waals surface area contributed by atoms with Gasteiger partial charge >= 0.3 is 0 Å². The topological polar surface area (TPSA) is 32.3 Å². The van der Waals surface area contributed by atoms with Crippen LogP contribution < -0.4 is 5.32 Å². The van der Waals surface area contributed by atoms with Crippen molar-refractivity contribution in [2.24, 2.45) is 0 Å². The second-order valence-corrected chi connectivity index (χ2v) is 7.20. The molecule has 0 aliphatic heterocycles.